The van der Waals surface area contributed by atoms with Gasteiger partial charge >= 0.3 is 0 Å². The second kappa shape index (κ2) is 3.81. The van der Waals surface area contributed by atoms with Crippen molar-refractivity contribution in [3.63, 3.8) is 0 Å². The van der Waals surface area contributed by atoms with E-state index in [1.54, 1.807) is 12.1 Å². The maximum Gasteiger partial charge on any atom is 0.161 e. The summed E-state index contributed by atoms with van der Waals surface area (Å²) in [6.07, 6.45) is 0.0128. The fourth-order valence-corrected chi connectivity index (χ4v) is 0.941. The molecule has 13 heavy (non-hydrogen) atoms. The highest BCUT2D eigenvalue weighted by molar-refractivity contribution is 5.45. The van der Waals surface area contributed by atoms with Crippen LogP contribution >= 0.6 is 0 Å². The van der Waals surface area contributed by atoms with Crippen molar-refractivity contribution in [1.29, 1.82) is 5.26 Å². The van der Waals surface area contributed by atoms with Gasteiger partial charge in [0.15, 0.2) is 11.5 Å². The van der Waals surface area contributed by atoms with E-state index in [4.69, 9.17) is 10.00 Å². The molecule has 1 rings (SSSR count). The number of aromatic hydroxyl groups is 1. The van der Waals surface area contributed by atoms with Crippen molar-refractivity contribution in [3.8, 4) is 17.6 Å². The van der Waals surface area contributed by atoms with Gasteiger partial charge in [0.2, 0.25) is 0 Å². The van der Waals surface area contributed by atoms with Gasteiger partial charge in [0.1, 0.15) is 0 Å². The first-order valence-electron chi connectivity index (χ1n) is 4.03. The Labute approximate surface area is 77.2 Å². The average Bonchev–Trinajstić information content (AvgIpc) is 2.08. The zero-order valence-corrected chi connectivity index (χ0v) is 7.61. The fourth-order valence-electron chi connectivity index (χ4n) is 0.941. The predicted octanol–water partition coefficient (Wildman–Crippen LogP) is 2.05. The van der Waals surface area contributed by atoms with Gasteiger partial charge in [0, 0.05) is 6.07 Å². The third kappa shape index (κ3) is 2.38. The lowest BCUT2D eigenvalue weighted by Crippen LogP contribution is -2.05. The molecule has 0 saturated carbocycles. The van der Waals surface area contributed by atoms with Crippen LogP contribution < -0.4 is 4.74 Å². The average molecular weight is 177 g/mol. The Morgan fingerprint density at radius 2 is 2.15 bits per heavy atom. The molecule has 3 nitrogen and oxygen atoms in total. The minimum absolute atomic E-state index is 0.00718. The van der Waals surface area contributed by atoms with Gasteiger partial charge in [-0.05, 0) is 26.0 Å². The van der Waals surface area contributed by atoms with Crippen molar-refractivity contribution in [2.24, 2.45) is 0 Å². The van der Waals surface area contributed by atoms with Crippen LogP contribution in [-0.4, -0.2) is 11.2 Å². The second-order valence-corrected chi connectivity index (χ2v) is 2.96. The van der Waals surface area contributed by atoms with Gasteiger partial charge in [-0.1, -0.05) is 0 Å². The summed E-state index contributed by atoms with van der Waals surface area (Å²) in [4.78, 5) is 0. The molecule has 0 aromatic heterocycles. The molecule has 0 aliphatic rings. The summed E-state index contributed by atoms with van der Waals surface area (Å²) in [6, 6.07) is 6.52. The molecule has 68 valence electrons. The SMILES string of the molecule is CC(C)Oc1ccc(C#N)cc1O. The first-order chi connectivity index (χ1) is 6.13. The lowest BCUT2D eigenvalue weighted by atomic mass is 10.2. The molecule has 1 aromatic rings. The van der Waals surface area contributed by atoms with E-state index < -0.39 is 0 Å². The van der Waals surface area contributed by atoms with Crippen molar-refractivity contribution >= 4 is 0 Å². The molecule has 0 radical (unpaired) electrons. The number of hydrogen-bond donors (Lipinski definition) is 1. The summed E-state index contributed by atoms with van der Waals surface area (Å²) in [7, 11) is 0. The van der Waals surface area contributed by atoms with Crippen LogP contribution in [0, 0.1) is 11.3 Å². The molecule has 1 aromatic carbocycles. The zero-order valence-electron chi connectivity index (χ0n) is 7.61. The number of nitrogens with zero attached hydrogens (tertiary/aromatic N) is 1. The van der Waals surface area contributed by atoms with E-state index in [0.29, 0.717) is 11.3 Å². The smallest absolute Gasteiger partial charge is 0.161 e. The molecule has 0 spiro atoms. The summed E-state index contributed by atoms with van der Waals surface area (Å²) in [5, 5.41) is 17.9. The van der Waals surface area contributed by atoms with Crippen molar-refractivity contribution in [1.82, 2.24) is 0 Å². The number of nitriles is 1. The number of phenolic OH excluding ortho intramolecular Hbond substituents is 1. The third-order valence-electron chi connectivity index (χ3n) is 1.45. The Kier molecular flexibility index (Phi) is 2.76. The molecule has 0 unspecified atom stereocenters. The Hall–Kier alpha value is -1.69. The van der Waals surface area contributed by atoms with E-state index in [1.165, 1.54) is 6.07 Å². The molecular formula is C10H11NO2. The normalized spacial score (nSPS) is 9.69. The van der Waals surface area contributed by atoms with Crippen LogP contribution in [-0.2, 0) is 0 Å². The van der Waals surface area contributed by atoms with Crippen LogP contribution in [0.3, 0.4) is 0 Å². The molecule has 3 heteroatoms. The molecule has 0 amide bonds. The highest BCUT2D eigenvalue weighted by Gasteiger charge is 2.04. The number of ether oxygens (including phenoxy) is 1. The van der Waals surface area contributed by atoms with Crippen LogP contribution in [0.1, 0.15) is 19.4 Å². The monoisotopic (exact) mass is 177 g/mol. The highest BCUT2D eigenvalue weighted by Crippen LogP contribution is 2.27. The topological polar surface area (TPSA) is 53.2 Å². The number of rotatable bonds is 2. The molecular weight excluding hydrogens is 166 g/mol. The van der Waals surface area contributed by atoms with Gasteiger partial charge in [-0.15, -0.1) is 0 Å². The number of hydrogen-bond acceptors (Lipinski definition) is 3. The zero-order chi connectivity index (χ0) is 9.84. The van der Waals surface area contributed by atoms with Gasteiger partial charge in [-0.25, -0.2) is 0 Å². The van der Waals surface area contributed by atoms with Crippen LogP contribution in [0.15, 0.2) is 18.2 Å². The van der Waals surface area contributed by atoms with E-state index in [9.17, 15) is 5.11 Å². The molecule has 0 fully saturated rings. The van der Waals surface area contributed by atoms with Gasteiger partial charge in [-0.2, -0.15) is 5.26 Å². The predicted molar refractivity (Wildman–Crippen MR) is 48.6 cm³/mol. The largest absolute Gasteiger partial charge is 0.504 e. The Morgan fingerprint density at radius 1 is 1.46 bits per heavy atom. The van der Waals surface area contributed by atoms with Crippen LogP contribution in [0.4, 0.5) is 0 Å². The maximum atomic E-state index is 9.40. The molecule has 1 N–H and O–H groups in total. The number of benzene rings is 1. The highest BCUT2D eigenvalue weighted by atomic mass is 16.5. The van der Waals surface area contributed by atoms with E-state index >= 15 is 0 Å². The summed E-state index contributed by atoms with van der Waals surface area (Å²) in [6.45, 7) is 3.75. The lowest BCUT2D eigenvalue weighted by Gasteiger charge is -2.10. The molecule has 0 bridgehead atoms. The standard InChI is InChI=1S/C10H11NO2/c1-7(2)13-10-4-3-8(6-11)5-9(10)12/h3-5,7,12H,1-2H3. The number of phenols is 1. The van der Waals surface area contributed by atoms with Gasteiger partial charge in [-0.3, -0.25) is 0 Å². The first-order valence-corrected chi connectivity index (χ1v) is 4.03. The first kappa shape index (κ1) is 9.40. The van der Waals surface area contributed by atoms with Crippen molar-refractivity contribution in [2.75, 3.05) is 0 Å². The summed E-state index contributed by atoms with van der Waals surface area (Å²) in [5.74, 6) is 0.418. The molecule has 0 aliphatic heterocycles. The van der Waals surface area contributed by atoms with E-state index in [2.05, 4.69) is 0 Å². The van der Waals surface area contributed by atoms with Crippen molar-refractivity contribution in [3.05, 3.63) is 23.8 Å². The quantitative estimate of drug-likeness (QED) is 0.752. The molecule has 0 heterocycles. The van der Waals surface area contributed by atoms with E-state index in [1.807, 2.05) is 19.9 Å². The molecule has 0 atom stereocenters. The van der Waals surface area contributed by atoms with Crippen LogP contribution in [0.25, 0.3) is 0 Å². The van der Waals surface area contributed by atoms with Crippen molar-refractivity contribution < 1.29 is 9.84 Å². The molecule has 0 saturated heterocycles. The van der Waals surface area contributed by atoms with Crippen LogP contribution in [0.5, 0.6) is 11.5 Å². The van der Waals surface area contributed by atoms with Gasteiger partial charge in [0.25, 0.3) is 0 Å². The van der Waals surface area contributed by atoms with E-state index in [0.717, 1.165) is 0 Å². The van der Waals surface area contributed by atoms with Crippen LogP contribution in [0.2, 0.25) is 0 Å². The lowest BCUT2D eigenvalue weighted by molar-refractivity contribution is 0.232. The summed E-state index contributed by atoms with van der Waals surface area (Å²) in [5.41, 5.74) is 0.425. The minimum atomic E-state index is 0.00718. The van der Waals surface area contributed by atoms with E-state index in [-0.39, 0.29) is 11.9 Å². The summed E-state index contributed by atoms with van der Waals surface area (Å²) < 4.78 is 5.29. The summed E-state index contributed by atoms with van der Waals surface area (Å²) >= 11 is 0. The van der Waals surface area contributed by atoms with Gasteiger partial charge < -0.3 is 9.84 Å². The minimum Gasteiger partial charge on any atom is -0.504 e. The Balaban J connectivity index is 2.93. The molecule has 0 aliphatic carbocycles. The van der Waals surface area contributed by atoms with Crippen molar-refractivity contribution in [2.45, 2.75) is 20.0 Å². The maximum absolute atomic E-state index is 9.40. The Bertz CT molecular complexity index is 339. The Morgan fingerprint density at radius 3 is 2.62 bits per heavy atom. The third-order valence-corrected chi connectivity index (χ3v) is 1.45. The van der Waals surface area contributed by atoms with Gasteiger partial charge in [0.05, 0.1) is 17.7 Å². The second-order valence-electron chi connectivity index (χ2n) is 2.96. The fraction of sp³-hybridized carbons (Fsp3) is 0.300.